The van der Waals surface area contributed by atoms with Gasteiger partial charge in [0.25, 0.3) is 0 Å². The molecule has 1 atom stereocenters. The Bertz CT molecular complexity index is 1160. The monoisotopic (exact) mass is 401 g/mol. The van der Waals surface area contributed by atoms with E-state index < -0.39 is 0 Å². The molecule has 2 heterocycles. The summed E-state index contributed by atoms with van der Waals surface area (Å²) in [6.07, 6.45) is 3.44. The first kappa shape index (κ1) is 19.4. The maximum absolute atomic E-state index is 11.7. The number of carbonyl (C=O) groups excluding carboxylic acids is 1. The number of benzene rings is 2. The van der Waals surface area contributed by atoms with Crippen molar-refractivity contribution in [2.45, 2.75) is 19.9 Å². The molecular weight excluding hydrogens is 378 g/mol. The molecule has 0 fully saturated rings. The fourth-order valence-electron chi connectivity index (χ4n) is 3.18. The van der Waals surface area contributed by atoms with Crippen LogP contribution in [-0.4, -0.2) is 32.1 Å². The summed E-state index contributed by atoms with van der Waals surface area (Å²) in [6, 6.07) is 17.4. The van der Waals surface area contributed by atoms with Crippen LogP contribution in [0.2, 0.25) is 0 Å². The molecule has 4 aromatic rings. The van der Waals surface area contributed by atoms with Crippen molar-refractivity contribution in [3.05, 3.63) is 72.7 Å². The molecule has 1 unspecified atom stereocenters. The summed E-state index contributed by atoms with van der Waals surface area (Å²) in [7, 11) is 0. The second-order valence-corrected chi connectivity index (χ2v) is 6.82. The second-order valence-electron chi connectivity index (χ2n) is 6.82. The number of imidazole rings is 1. The Morgan fingerprint density at radius 2 is 1.93 bits per heavy atom. The first-order valence-corrected chi connectivity index (χ1v) is 9.81. The van der Waals surface area contributed by atoms with Crippen LogP contribution in [0.3, 0.4) is 0 Å². The quantitative estimate of drug-likeness (QED) is 0.451. The van der Waals surface area contributed by atoms with Gasteiger partial charge in [-0.1, -0.05) is 30.3 Å². The first-order chi connectivity index (χ1) is 14.6. The number of nitrogens with one attached hydrogen (secondary N) is 3. The summed E-state index contributed by atoms with van der Waals surface area (Å²) in [5, 5.41) is 8.84. The van der Waals surface area contributed by atoms with Crippen LogP contribution < -0.4 is 16.0 Å². The zero-order valence-electron chi connectivity index (χ0n) is 16.8. The Hall–Kier alpha value is -3.94. The van der Waals surface area contributed by atoms with Crippen LogP contribution in [0.5, 0.6) is 0 Å². The number of anilines is 2. The van der Waals surface area contributed by atoms with Gasteiger partial charge in [0.1, 0.15) is 12.1 Å². The molecule has 0 aliphatic rings. The first-order valence-electron chi connectivity index (χ1n) is 9.81. The van der Waals surface area contributed by atoms with Gasteiger partial charge in [-0.05, 0) is 43.7 Å². The van der Waals surface area contributed by atoms with E-state index in [4.69, 9.17) is 0 Å². The van der Waals surface area contributed by atoms with Crippen LogP contribution in [0, 0.1) is 0 Å². The molecule has 3 N–H and O–H groups in total. The van der Waals surface area contributed by atoms with Gasteiger partial charge >= 0.3 is 6.03 Å². The van der Waals surface area contributed by atoms with Gasteiger partial charge in [-0.2, -0.15) is 4.98 Å². The molecule has 0 bridgehead atoms. The number of nitrogens with zero attached hydrogens (tertiary/aromatic N) is 4. The van der Waals surface area contributed by atoms with Crippen molar-refractivity contribution < 1.29 is 4.79 Å². The van der Waals surface area contributed by atoms with Crippen molar-refractivity contribution in [1.29, 1.82) is 0 Å². The number of amides is 2. The van der Waals surface area contributed by atoms with Gasteiger partial charge in [-0.25, -0.2) is 14.8 Å². The fourth-order valence-corrected chi connectivity index (χ4v) is 3.18. The normalized spacial score (nSPS) is 11.8. The van der Waals surface area contributed by atoms with E-state index >= 15 is 0 Å². The third-order valence-corrected chi connectivity index (χ3v) is 4.68. The maximum atomic E-state index is 11.7. The number of urea groups is 1. The van der Waals surface area contributed by atoms with E-state index in [1.54, 1.807) is 12.5 Å². The van der Waals surface area contributed by atoms with Crippen molar-refractivity contribution in [2.24, 2.45) is 0 Å². The summed E-state index contributed by atoms with van der Waals surface area (Å²) < 4.78 is 1.89. The van der Waals surface area contributed by atoms with Crippen LogP contribution in [-0.2, 0) is 0 Å². The average molecular weight is 401 g/mol. The highest BCUT2D eigenvalue weighted by atomic mass is 16.2. The lowest BCUT2D eigenvalue weighted by Crippen LogP contribution is -2.28. The molecule has 0 radical (unpaired) electrons. The van der Waals surface area contributed by atoms with Crippen LogP contribution in [0.25, 0.3) is 16.9 Å². The molecular formula is C22H23N7O. The largest absolute Gasteiger partial charge is 0.348 e. The molecule has 2 aromatic carbocycles. The van der Waals surface area contributed by atoms with E-state index in [1.165, 1.54) is 0 Å². The van der Waals surface area contributed by atoms with Crippen molar-refractivity contribution >= 4 is 28.7 Å². The van der Waals surface area contributed by atoms with Crippen molar-refractivity contribution in [2.75, 3.05) is 17.2 Å². The summed E-state index contributed by atoms with van der Waals surface area (Å²) in [4.78, 5) is 25.2. The predicted molar refractivity (Wildman–Crippen MR) is 118 cm³/mol. The molecule has 2 aromatic heterocycles. The molecule has 0 saturated carbocycles. The van der Waals surface area contributed by atoms with Crippen LogP contribution in [0.1, 0.15) is 25.5 Å². The van der Waals surface area contributed by atoms with E-state index in [1.807, 2.05) is 54.0 Å². The topological polar surface area (TPSA) is 96.8 Å². The van der Waals surface area contributed by atoms with Crippen molar-refractivity contribution in [3.8, 4) is 5.82 Å². The maximum Gasteiger partial charge on any atom is 0.319 e. The summed E-state index contributed by atoms with van der Waals surface area (Å²) in [6.45, 7) is 4.51. The smallest absolute Gasteiger partial charge is 0.319 e. The summed E-state index contributed by atoms with van der Waals surface area (Å²) in [5.74, 6) is 1.25. The van der Waals surface area contributed by atoms with Crippen molar-refractivity contribution in [1.82, 2.24) is 24.8 Å². The minimum Gasteiger partial charge on any atom is -0.348 e. The van der Waals surface area contributed by atoms with Crippen molar-refractivity contribution in [3.63, 3.8) is 0 Å². The Morgan fingerprint density at radius 3 is 2.73 bits per heavy atom. The number of hydrogen-bond donors (Lipinski definition) is 3. The lowest BCUT2D eigenvalue weighted by Gasteiger charge is -2.14. The molecule has 152 valence electrons. The number of aromatic nitrogens is 4. The number of fused-ring (bicyclic) bond motifs is 1. The molecule has 2 amide bonds. The van der Waals surface area contributed by atoms with Gasteiger partial charge in [0.2, 0.25) is 5.95 Å². The summed E-state index contributed by atoms with van der Waals surface area (Å²) >= 11 is 0. The van der Waals surface area contributed by atoms with Gasteiger partial charge < -0.3 is 16.0 Å². The predicted octanol–water partition coefficient (Wildman–Crippen LogP) is 4.13. The molecule has 0 saturated heterocycles. The van der Waals surface area contributed by atoms with Gasteiger partial charge in [-0.15, -0.1) is 0 Å². The van der Waals surface area contributed by atoms with E-state index in [2.05, 4.69) is 50.0 Å². The SMILES string of the molecule is CCNC(=O)Nc1ccc2c(c1)ncn2-c1ccnc(NC(C)c2ccccc2)n1. The Labute approximate surface area is 174 Å². The van der Waals surface area contributed by atoms with E-state index in [9.17, 15) is 4.79 Å². The van der Waals surface area contributed by atoms with E-state index in [0.717, 1.165) is 16.6 Å². The Kier molecular flexibility index (Phi) is 5.56. The third kappa shape index (κ3) is 4.22. The van der Waals surface area contributed by atoms with Crippen LogP contribution >= 0.6 is 0 Å². The molecule has 4 rings (SSSR count). The minimum absolute atomic E-state index is 0.0730. The van der Waals surface area contributed by atoms with E-state index in [-0.39, 0.29) is 12.1 Å². The standard InChI is InChI=1S/C22H23N7O/c1-3-23-22(30)27-17-9-10-19-18(13-17)25-14-29(19)20-11-12-24-21(28-20)26-15(2)16-7-5-4-6-8-16/h4-15H,3H2,1-2H3,(H2,23,27,30)(H,24,26,28). The van der Waals surface area contributed by atoms with E-state index in [0.29, 0.717) is 24.0 Å². The van der Waals surface area contributed by atoms with Crippen LogP contribution in [0.4, 0.5) is 16.4 Å². The zero-order chi connectivity index (χ0) is 20.9. The zero-order valence-corrected chi connectivity index (χ0v) is 16.8. The molecule has 0 spiro atoms. The number of hydrogen-bond acceptors (Lipinski definition) is 5. The number of rotatable bonds is 6. The molecule has 0 aliphatic carbocycles. The molecule has 8 heteroatoms. The molecule has 8 nitrogen and oxygen atoms in total. The second kappa shape index (κ2) is 8.60. The fraction of sp³-hybridized carbons (Fsp3) is 0.182. The van der Waals surface area contributed by atoms with Gasteiger partial charge in [-0.3, -0.25) is 4.57 Å². The van der Waals surface area contributed by atoms with Crippen LogP contribution in [0.15, 0.2) is 67.1 Å². The van der Waals surface area contributed by atoms with Gasteiger partial charge in [0.05, 0.1) is 17.1 Å². The Balaban J connectivity index is 1.56. The minimum atomic E-state index is -0.240. The lowest BCUT2D eigenvalue weighted by atomic mass is 10.1. The highest BCUT2D eigenvalue weighted by Gasteiger charge is 2.11. The lowest BCUT2D eigenvalue weighted by molar-refractivity contribution is 0.252. The van der Waals surface area contributed by atoms with Gasteiger partial charge in [0, 0.05) is 18.4 Å². The summed E-state index contributed by atoms with van der Waals surface area (Å²) in [5.41, 5.74) is 3.49. The highest BCUT2D eigenvalue weighted by Crippen LogP contribution is 2.22. The van der Waals surface area contributed by atoms with Gasteiger partial charge in [0.15, 0.2) is 0 Å². The Morgan fingerprint density at radius 1 is 1.10 bits per heavy atom. The highest BCUT2D eigenvalue weighted by molar-refractivity contribution is 5.92. The molecule has 30 heavy (non-hydrogen) atoms. The number of carbonyl (C=O) groups is 1. The third-order valence-electron chi connectivity index (χ3n) is 4.68. The average Bonchev–Trinajstić information content (AvgIpc) is 3.18. The molecule has 0 aliphatic heterocycles.